The van der Waals surface area contributed by atoms with Gasteiger partial charge >= 0.3 is 7.12 Å². The Morgan fingerprint density at radius 2 is 1.88 bits per heavy atom. The van der Waals surface area contributed by atoms with Crippen molar-refractivity contribution in [3.8, 4) is 0 Å². The van der Waals surface area contributed by atoms with E-state index in [2.05, 4.69) is 10.5 Å². The van der Waals surface area contributed by atoms with Gasteiger partial charge in [0.15, 0.2) is 0 Å². The van der Waals surface area contributed by atoms with Gasteiger partial charge < -0.3 is 14.3 Å². The van der Waals surface area contributed by atoms with Gasteiger partial charge in [-0.15, -0.1) is 0 Å². The molecule has 1 amide bonds. The fourth-order valence-electron chi connectivity index (χ4n) is 2.65. The van der Waals surface area contributed by atoms with Crippen LogP contribution in [-0.2, 0) is 14.1 Å². The molecule has 0 saturated carbocycles. The first-order valence-corrected chi connectivity index (χ1v) is 8.03. The van der Waals surface area contributed by atoms with Crippen molar-refractivity contribution in [3.05, 3.63) is 28.9 Å². The summed E-state index contributed by atoms with van der Waals surface area (Å²) in [5, 5.41) is 1.24. The SMILES string of the molecule is CONC(=O)c1c[nH]c2cc(Cl)c(B3OC(C)(C)C(C)(C)O3)cc12. The molecule has 24 heavy (non-hydrogen) atoms. The third kappa shape index (κ3) is 2.71. The Kier molecular flexibility index (Phi) is 4.16. The molecule has 1 aliphatic heterocycles. The minimum Gasteiger partial charge on any atom is -0.399 e. The van der Waals surface area contributed by atoms with Crippen LogP contribution >= 0.6 is 11.6 Å². The molecule has 2 heterocycles. The number of rotatable bonds is 3. The van der Waals surface area contributed by atoms with E-state index in [-0.39, 0.29) is 5.91 Å². The van der Waals surface area contributed by atoms with Gasteiger partial charge in [0, 0.05) is 27.6 Å². The number of benzene rings is 1. The van der Waals surface area contributed by atoms with Gasteiger partial charge in [-0.2, -0.15) is 0 Å². The number of hydrogen-bond acceptors (Lipinski definition) is 4. The van der Waals surface area contributed by atoms with Crippen LogP contribution in [0.1, 0.15) is 38.1 Å². The van der Waals surface area contributed by atoms with Gasteiger partial charge in [0.2, 0.25) is 0 Å². The Hall–Kier alpha value is -1.54. The van der Waals surface area contributed by atoms with Crippen molar-refractivity contribution >= 4 is 41.0 Å². The van der Waals surface area contributed by atoms with Crippen LogP contribution in [0.2, 0.25) is 5.02 Å². The van der Waals surface area contributed by atoms with Crippen LogP contribution < -0.4 is 10.9 Å². The topological polar surface area (TPSA) is 72.6 Å². The Labute approximate surface area is 145 Å². The summed E-state index contributed by atoms with van der Waals surface area (Å²) < 4.78 is 12.1. The molecule has 1 aromatic carbocycles. The lowest BCUT2D eigenvalue weighted by Crippen LogP contribution is -2.41. The molecule has 1 saturated heterocycles. The third-order valence-electron chi connectivity index (χ3n) is 4.75. The lowest BCUT2D eigenvalue weighted by atomic mass is 9.78. The molecule has 3 rings (SSSR count). The lowest BCUT2D eigenvalue weighted by Gasteiger charge is -2.32. The van der Waals surface area contributed by atoms with Crippen molar-refractivity contribution in [3.63, 3.8) is 0 Å². The number of carbonyl (C=O) groups excluding carboxylic acids is 1. The third-order valence-corrected chi connectivity index (χ3v) is 5.07. The van der Waals surface area contributed by atoms with E-state index < -0.39 is 18.3 Å². The normalized spacial score (nSPS) is 19.0. The van der Waals surface area contributed by atoms with E-state index in [1.165, 1.54) is 7.11 Å². The summed E-state index contributed by atoms with van der Waals surface area (Å²) >= 11 is 6.41. The molecule has 6 nitrogen and oxygen atoms in total. The van der Waals surface area contributed by atoms with Crippen molar-refractivity contribution in [2.75, 3.05) is 7.11 Å². The van der Waals surface area contributed by atoms with Crippen molar-refractivity contribution in [1.82, 2.24) is 10.5 Å². The number of hydroxylamine groups is 1. The molecular weight excluding hydrogens is 330 g/mol. The average molecular weight is 351 g/mol. The molecule has 1 aliphatic rings. The Morgan fingerprint density at radius 1 is 1.25 bits per heavy atom. The van der Waals surface area contributed by atoms with Crippen LogP contribution in [0.25, 0.3) is 10.9 Å². The number of aromatic amines is 1. The zero-order chi connectivity index (χ0) is 17.7. The number of carbonyl (C=O) groups is 1. The van der Waals surface area contributed by atoms with Gasteiger partial charge in [0.1, 0.15) is 0 Å². The molecule has 0 bridgehead atoms. The van der Waals surface area contributed by atoms with E-state index >= 15 is 0 Å². The van der Waals surface area contributed by atoms with Crippen LogP contribution in [0.4, 0.5) is 0 Å². The van der Waals surface area contributed by atoms with E-state index in [4.69, 9.17) is 25.7 Å². The first-order chi connectivity index (χ1) is 11.2. The zero-order valence-corrected chi connectivity index (χ0v) is 15.1. The fourth-order valence-corrected chi connectivity index (χ4v) is 2.90. The maximum absolute atomic E-state index is 12.1. The largest absolute Gasteiger partial charge is 0.496 e. The molecular formula is C16H20BClN2O4. The standard InChI is InChI=1S/C16H20BClN2O4/c1-15(2)16(3,4)24-17(23-15)11-6-9-10(14(21)20-22-5)8-19-13(9)7-12(11)18/h6-8,19H,1-5H3,(H,20,21). The van der Waals surface area contributed by atoms with E-state index in [0.717, 1.165) is 10.9 Å². The summed E-state index contributed by atoms with van der Waals surface area (Å²) in [5.74, 6) is -0.342. The average Bonchev–Trinajstić information content (AvgIpc) is 2.96. The summed E-state index contributed by atoms with van der Waals surface area (Å²) in [6.45, 7) is 7.92. The molecule has 0 unspecified atom stereocenters. The summed E-state index contributed by atoms with van der Waals surface area (Å²) in [7, 11) is 0.791. The quantitative estimate of drug-likeness (QED) is 0.658. The van der Waals surface area contributed by atoms with E-state index in [1.807, 2.05) is 33.8 Å². The maximum Gasteiger partial charge on any atom is 0.496 e. The fraction of sp³-hybridized carbons (Fsp3) is 0.438. The maximum atomic E-state index is 12.1. The van der Waals surface area contributed by atoms with Crippen LogP contribution in [0.3, 0.4) is 0 Å². The highest BCUT2D eigenvalue weighted by Gasteiger charge is 2.52. The first-order valence-electron chi connectivity index (χ1n) is 7.66. The molecule has 2 N–H and O–H groups in total. The Morgan fingerprint density at radius 3 is 2.46 bits per heavy atom. The van der Waals surface area contributed by atoms with Crippen molar-refractivity contribution < 1.29 is 18.9 Å². The first kappa shape index (κ1) is 17.3. The van der Waals surface area contributed by atoms with E-state index in [0.29, 0.717) is 16.0 Å². The molecule has 0 spiro atoms. The summed E-state index contributed by atoms with van der Waals surface area (Å²) in [6, 6.07) is 3.59. The van der Waals surface area contributed by atoms with Gasteiger partial charge in [0.25, 0.3) is 5.91 Å². The van der Waals surface area contributed by atoms with E-state index in [1.54, 1.807) is 12.3 Å². The summed E-state index contributed by atoms with van der Waals surface area (Å²) in [6.07, 6.45) is 1.61. The second kappa shape index (κ2) is 5.77. The lowest BCUT2D eigenvalue weighted by molar-refractivity contribution is 0.00578. The number of amides is 1. The summed E-state index contributed by atoms with van der Waals surface area (Å²) in [4.78, 5) is 19.8. The smallest absolute Gasteiger partial charge is 0.399 e. The number of nitrogens with one attached hydrogen (secondary N) is 2. The zero-order valence-electron chi connectivity index (χ0n) is 14.3. The summed E-state index contributed by atoms with van der Waals surface area (Å²) in [5.41, 5.74) is 3.28. The number of H-pyrrole nitrogens is 1. The number of fused-ring (bicyclic) bond motifs is 1. The van der Waals surface area contributed by atoms with Gasteiger partial charge in [-0.25, -0.2) is 5.48 Å². The predicted octanol–water partition coefficient (Wildman–Crippen LogP) is 2.41. The number of aromatic nitrogens is 1. The highest BCUT2D eigenvalue weighted by atomic mass is 35.5. The Bertz CT molecular complexity index is 787. The molecule has 128 valence electrons. The molecule has 2 aromatic rings. The molecule has 8 heteroatoms. The second-order valence-electron chi connectivity index (χ2n) is 6.85. The van der Waals surface area contributed by atoms with Crippen LogP contribution in [-0.4, -0.2) is 36.3 Å². The van der Waals surface area contributed by atoms with Crippen LogP contribution in [0.15, 0.2) is 18.3 Å². The van der Waals surface area contributed by atoms with Gasteiger partial charge in [-0.1, -0.05) is 17.7 Å². The molecule has 1 aromatic heterocycles. The van der Waals surface area contributed by atoms with Gasteiger partial charge in [-0.3, -0.25) is 9.63 Å². The Balaban J connectivity index is 2.05. The molecule has 1 fully saturated rings. The second-order valence-corrected chi connectivity index (χ2v) is 7.25. The minimum atomic E-state index is -0.597. The highest BCUT2D eigenvalue weighted by Crippen LogP contribution is 2.37. The van der Waals surface area contributed by atoms with Gasteiger partial charge in [-0.05, 0) is 33.8 Å². The monoisotopic (exact) mass is 350 g/mol. The molecule has 0 aliphatic carbocycles. The van der Waals surface area contributed by atoms with Crippen molar-refractivity contribution in [2.24, 2.45) is 0 Å². The van der Waals surface area contributed by atoms with E-state index in [9.17, 15) is 4.79 Å². The minimum absolute atomic E-state index is 0.342. The van der Waals surface area contributed by atoms with Crippen LogP contribution in [0.5, 0.6) is 0 Å². The molecule has 0 radical (unpaired) electrons. The van der Waals surface area contributed by atoms with Crippen molar-refractivity contribution in [1.29, 1.82) is 0 Å². The highest BCUT2D eigenvalue weighted by molar-refractivity contribution is 6.66. The number of halogens is 1. The van der Waals surface area contributed by atoms with Crippen molar-refractivity contribution in [2.45, 2.75) is 38.9 Å². The van der Waals surface area contributed by atoms with Gasteiger partial charge in [0.05, 0.1) is 23.9 Å². The molecule has 0 atom stereocenters. The predicted molar refractivity (Wildman–Crippen MR) is 93.5 cm³/mol. The van der Waals surface area contributed by atoms with Crippen LogP contribution in [0, 0.1) is 0 Å². The number of hydrogen-bond donors (Lipinski definition) is 2.